The van der Waals surface area contributed by atoms with Gasteiger partial charge in [-0.25, -0.2) is 4.74 Å². The summed E-state index contributed by atoms with van der Waals surface area (Å²) >= 11 is 0. The average Bonchev–Trinajstić information content (AvgIpc) is 2.35. The Hall–Kier alpha value is -0.690. The quantitative estimate of drug-likeness (QED) is 0.335. The van der Waals surface area contributed by atoms with Crippen molar-refractivity contribution in [1.82, 2.24) is 0 Å². The summed E-state index contributed by atoms with van der Waals surface area (Å²) in [5.41, 5.74) is 0. The van der Waals surface area contributed by atoms with Crippen molar-refractivity contribution in [2.24, 2.45) is 5.92 Å². The molecule has 0 aromatic rings. The van der Waals surface area contributed by atoms with E-state index in [1.54, 1.807) is 6.92 Å². The van der Waals surface area contributed by atoms with Gasteiger partial charge in [-0.2, -0.15) is 43.5 Å². The molecule has 0 aliphatic carbocycles. The molecular formula is C11H16F8O4S. The Morgan fingerprint density at radius 1 is 0.958 bits per heavy atom. The maximum absolute atomic E-state index is 13.6. The van der Waals surface area contributed by atoms with Crippen LogP contribution in [-0.2, 0) is 14.9 Å². The molecule has 0 rings (SSSR count). The highest BCUT2D eigenvalue weighted by molar-refractivity contribution is 7.86. The standard InChI is InChI=1S/C11H16F8O4S/c1-3-4-5-6-7(2)8(12,13)9(14,15)23-10(16,17)11(18,19)24(20,21)22/h7H,3-6H2,1-2H3,(H,20,21,22). The summed E-state index contributed by atoms with van der Waals surface area (Å²) in [6.45, 7) is 2.25. The molecule has 0 bridgehead atoms. The Labute approximate surface area is 132 Å². The average molecular weight is 396 g/mol. The lowest BCUT2D eigenvalue weighted by molar-refractivity contribution is -0.461. The van der Waals surface area contributed by atoms with E-state index in [0.29, 0.717) is 19.8 Å². The zero-order valence-electron chi connectivity index (χ0n) is 12.5. The number of hydrogen-bond acceptors (Lipinski definition) is 3. The van der Waals surface area contributed by atoms with Crippen LogP contribution in [0.4, 0.5) is 35.1 Å². The van der Waals surface area contributed by atoms with Gasteiger partial charge in [0.1, 0.15) is 0 Å². The third-order valence-corrected chi connectivity index (χ3v) is 4.05. The normalized spacial score (nSPS) is 16.3. The van der Waals surface area contributed by atoms with Crippen LogP contribution in [-0.4, -0.2) is 36.4 Å². The number of ether oxygens (including phenoxy) is 1. The fraction of sp³-hybridized carbons (Fsp3) is 1.00. The molecule has 0 aliphatic heterocycles. The Kier molecular flexibility index (Phi) is 7.07. The first-order valence-corrected chi connectivity index (χ1v) is 8.06. The van der Waals surface area contributed by atoms with Gasteiger partial charge in [-0.05, 0) is 6.42 Å². The van der Waals surface area contributed by atoms with Gasteiger partial charge in [-0.15, -0.1) is 0 Å². The zero-order chi connectivity index (χ0) is 19.6. The summed E-state index contributed by atoms with van der Waals surface area (Å²) in [5, 5.41) is -6.55. The van der Waals surface area contributed by atoms with E-state index < -0.39 is 45.9 Å². The maximum Gasteiger partial charge on any atom is 0.460 e. The zero-order valence-corrected chi connectivity index (χ0v) is 13.3. The molecule has 0 saturated carbocycles. The van der Waals surface area contributed by atoms with Crippen LogP contribution in [0.15, 0.2) is 0 Å². The van der Waals surface area contributed by atoms with Crippen molar-refractivity contribution in [2.75, 3.05) is 0 Å². The van der Waals surface area contributed by atoms with Crippen LogP contribution in [0.1, 0.15) is 39.5 Å². The number of halogens is 8. The molecule has 13 heteroatoms. The third-order valence-electron chi connectivity index (χ3n) is 3.17. The van der Waals surface area contributed by atoms with Crippen LogP contribution in [0.25, 0.3) is 0 Å². The minimum atomic E-state index is -6.90. The first kappa shape index (κ1) is 23.3. The Morgan fingerprint density at radius 2 is 1.42 bits per heavy atom. The molecule has 146 valence electrons. The highest BCUT2D eigenvalue weighted by Gasteiger charge is 2.74. The monoisotopic (exact) mass is 396 g/mol. The third kappa shape index (κ3) is 4.69. The van der Waals surface area contributed by atoms with E-state index in [-0.39, 0.29) is 6.42 Å². The second-order valence-electron chi connectivity index (χ2n) is 5.15. The number of alkyl halides is 8. The van der Waals surface area contributed by atoms with Crippen molar-refractivity contribution < 1.29 is 52.8 Å². The van der Waals surface area contributed by atoms with Crippen molar-refractivity contribution in [3.05, 3.63) is 0 Å². The predicted octanol–water partition coefficient (Wildman–Crippen LogP) is 4.52. The smallest absolute Gasteiger partial charge is 0.281 e. The summed E-state index contributed by atoms with van der Waals surface area (Å²) in [7, 11) is -6.90. The molecule has 4 nitrogen and oxygen atoms in total. The number of hydrogen-bond donors (Lipinski definition) is 1. The molecule has 0 aromatic carbocycles. The summed E-state index contributed by atoms with van der Waals surface area (Å²) in [6, 6.07) is 0. The van der Waals surface area contributed by atoms with Gasteiger partial charge in [0.2, 0.25) is 0 Å². The van der Waals surface area contributed by atoms with Gasteiger partial charge in [0.25, 0.3) is 0 Å². The molecule has 0 heterocycles. The molecule has 1 unspecified atom stereocenters. The van der Waals surface area contributed by atoms with Gasteiger partial charge in [0.05, 0.1) is 0 Å². The Balaban J connectivity index is 5.44. The molecule has 0 saturated heterocycles. The minimum absolute atomic E-state index is 0.0426. The number of unbranched alkanes of at least 4 members (excludes halogenated alkanes) is 2. The lowest BCUT2D eigenvalue weighted by atomic mass is 9.95. The maximum atomic E-state index is 13.6. The van der Waals surface area contributed by atoms with Crippen LogP contribution >= 0.6 is 0 Å². The highest BCUT2D eigenvalue weighted by atomic mass is 32.2. The molecular weight excluding hydrogens is 380 g/mol. The summed E-state index contributed by atoms with van der Waals surface area (Å²) in [5.74, 6) is -7.52. The number of rotatable bonds is 10. The van der Waals surface area contributed by atoms with Crippen molar-refractivity contribution in [3.63, 3.8) is 0 Å². The molecule has 0 radical (unpaired) electrons. The first-order chi connectivity index (χ1) is 10.4. The van der Waals surface area contributed by atoms with Crippen molar-refractivity contribution in [2.45, 2.75) is 62.9 Å². The highest BCUT2D eigenvalue weighted by Crippen LogP contribution is 2.49. The second kappa shape index (κ2) is 7.28. The minimum Gasteiger partial charge on any atom is -0.281 e. The predicted molar refractivity (Wildman–Crippen MR) is 65.7 cm³/mol. The van der Waals surface area contributed by atoms with E-state index in [0.717, 1.165) is 0 Å². The van der Waals surface area contributed by atoms with Crippen molar-refractivity contribution in [3.8, 4) is 0 Å². The van der Waals surface area contributed by atoms with Crippen LogP contribution < -0.4 is 0 Å². The largest absolute Gasteiger partial charge is 0.460 e. The molecule has 0 aliphatic rings. The van der Waals surface area contributed by atoms with E-state index in [4.69, 9.17) is 4.55 Å². The van der Waals surface area contributed by atoms with Gasteiger partial charge < -0.3 is 0 Å². The Bertz CT molecular complexity index is 520. The van der Waals surface area contributed by atoms with Gasteiger partial charge in [0.15, 0.2) is 0 Å². The molecule has 0 spiro atoms. The van der Waals surface area contributed by atoms with E-state index in [2.05, 4.69) is 4.74 Å². The van der Waals surface area contributed by atoms with E-state index in [1.807, 2.05) is 0 Å². The topological polar surface area (TPSA) is 63.6 Å². The van der Waals surface area contributed by atoms with Crippen LogP contribution in [0.2, 0.25) is 0 Å². The molecule has 24 heavy (non-hydrogen) atoms. The van der Waals surface area contributed by atoms with Gasteiger partial charge >= 0.3 is 33.5 Å². The molecule has 1 atom stereocenters. The van der Waals surface area contributed by atoms with E-state index in [9.17, 15) is 43.5 Å². The fourth-order valence-electron chi connectivity index (χ4n) is 1.61. The van der Waals surface area contributed by atoms with Gasteiger partial charge in [-0.1, -0.05) is 33.1 Å². The second-order valence-corrected chi connectivity index (χ2v) is 6.61. The summed E-state index contributed by atoms with van der Waals surface area (Å²) in [4.78, 5) is 0. The lowest BCUT2D eigenvalue weighted by Gasteiger charge is -2.34. The van der Waals surface area contributed by atoms with Crippen molar-refractivity contribution in [1.29, 1.82) is 0 Å². The lowest BCUT2D eigenvalue weighted by Crippen LogP contribution is -2.57. The fourth-order valence-corrected chi connectivity index (χ4v) is 1.95. The SMILES string of the molecule is CCCCCC(C)C(F)(F)C(F)(F)OC(F)(F)C(F)(F)S(=O)(=O)O. The van der Waals surface area contributed by atoms with E-state index in [1.165, 1.54) is 0 Å². The first-order valence-electron chi connectivity index (χ1n) is 6.62. The molecule has 0 aromatic heterocycles. The molecule has 1 N–H and O–H groups in total. The molecule has 0 fully saturated rings. The van der Waals surface area contributed by atoms with Gasteiger partial charge in [-0.3, -0.25) is 4.55 Å². The summed E-state index contributed by atoms with van der Waals surface area (Å²) < 4.78 is 136. The van der Waals surface area contributed by atoms with Crippen molar-refractivity contribution >= 4 is 10.1 Å². The summed E-state index contributed by atoms with van der Waals surface area (Å²) in [6.07, 6.45) is -12.3. The molecule has 0 amide bonds. The van der Waals surface area contributed by atoms with Crippen LogP contribution in [0.5, 0.6) is 0 Å². The Morgan fingerprint density at radius 3 is 1.79 bits per heavy atom. The van der Waals surface area contributed by atoms with Gasteiger partial charge in [0, 0.05) is 5.92 Å². The van der Waals surface area contributed by atoms with E-state index >= 15 is 0 Å². The van der Waals surface area contributed by atoms with Crippen LogP contribution in [0, 0.1) is 5.92 Å². The van der Waals surface area contributed by atoms with Crippen LogP contribution in [0.3, 0.4) is 0 Å².